The number of halogens is 1. The van der Waals surface area contributed by atoms with E-state index in [-0.39, 0.29) is 17.5 Å². The van der Waals surface area contributed by atoms with E-state index in [1.54, 1.807) is 12.3 Å². The van der Waals surface area contributed by atoms with E-state index in [1.165, 1.54) is 6.20 Å². The van der Waals surface area contributed by atoms with E-state index in [1.807, 2.05) is 0 Å². The summed E-state index contributed by atoms with van der Waals surface area (Å²) in [6, 6.07) is 1.64. The summed E-state index contributed by atoms with van der Waals surface area (Å²) in [5, 5.41) is 3.42. The Morgan fingerprint density at radius 2 is 2.44 bits per heavy atom. The fraction of sp³-hybridized carbons (Fsp3) is 0.643. The van der Waals surface area contributed by atoms with Gasteiger partial charge in [0.05, 0.1) is 17.8 Å². The lowest BCUT2D eigenvalue weighted by atomic mass is 9.87. The summed E-state index contributed by atoms with van der Waals surface area (Å²) in [7, 11) is 0. The monoisotopic (exact) mass is 252 g/mol. The lowest BCUT2D eigenvalue weighted by Crippen LogP contribution is -2.42. The van der Waals surface area contributed by atoms with Gasteiger partial charge in [-0.3, -0.25) is 4.98 Å². The minimum absolute atomic E-state index is 0.108. The van der Waals surface area contributed by atoms with Crippen molar-refractivity contribution in [3.63, 3.8) is 0 Å². The molecule has 1 aliphatic rings. The topological polar surface area (TPSA) is 34.2 Å². The average molecular weight is 252 g/mol. The van der Waals surface area contributed by atoms with Gasteiger partial charge < -0.3 is 10.1 Å². The molecule has 2 rings (SSSR count). The van der Waals surface area contributed by atoms with E-state index in [0.717, 1.165) is 32.4 Å². The first kappa shape index (κ1) is 13.4. The van der Waals surface area contributed by atoms with Gasteiger partial charge in [-0.1, -0.05) is 6.92 Å². The Morgan fingerprint density at radius 1 is 1.61 bits per heavy atom. The van der Waals surface area contributed by atoms with Crippen molar-refractivity contribution in [1.82, 2.24) is 10.3 Å². The first-order valence-electron chi connectivity index (χ1n) is 6.64. The van der Waals surface area contributed by atoms with E-state index in [4.69, 9.17) is 4.74 Å². The summed E-state index contributed by atoms with van der Waals surface area (Å²) in [6.07, 6.45) is 5.91. The second kappa shape index (κ2) is 5.76. The zero-order chi connectivity index (χ0) is 13.0. The smallest absolute Gasteiger partial charge is 0.146 e. The van der Waals surface area contributed by atoms with Gasteiger partial charge in [-0.05, 0) is 38.8 Å². The molecule has 1 fully saturated rings. The summed E-state index contributed by atoms with van der Waals surface area (Å²) in [4.78, 5) is 3.81. The quantitative estimate of drug-likeness (QED) is 0.875. The predicted octanol–water partition coefficient (Wildman–Crippen LogP) is 2.83. The molecule has 0 aliphatic carbocycles. The molecule has 1 N–H and O–H groups in total. The van der Waals surface area contributed by atoms with Crippen LogP contribution in [0.4, 0.5) is 4.39 Å². The molecular weight excluding hydrogens is 231 g/mol. The van der Waals surface area contributed by atoms with Crippen molar-refractivity contribution in [3.05, 3.63) is 29.8 Å². The second-order valence-corrected chi connectivity index (χ2v) is 5.05. The van der Waals surface area contributed by atoms with Crippen LogP contribution in [0.1, 0.15) is 44.7 Å². The molecule has 0 radical (unpaired) electrons. The highest BCUT2D eigenvalue weighted by Gasteiger charge is 2.40. The Morgan fingerprint density at radius 3 is 3.06 bits per heavy atom. The summed E-state index contributed by atoms with van der Waals surface area (Å²) in [5.41, 5.74) is 0.333. The average Bonchev–Trinajstić information content (AvgIpc) is 2.80. The van der Waals surface area contributed by atoms with Crippen molar-refractivity contribution < 1.29 is 9.13 Å². The normalized spacial score (nSPS) is 25.3. The van der Waals surface area contributed by atoms with Gasteiger partial charge in [0, 0.05) is 18.4 Å². The van der Waals surface area contributed by atoms with Crippen molar-refractivity contribution in [1.29, 1.82) is 0 Å². The highest BCUT2D eigenvalue weighted by atomic mass is 19.1. The van der Waals surface area contributed by atoms with Crippen LogP contribution in [-0.2, 0) is 4.74 Å². The lowest BCUT2D eigenvalue weighted by molar-refractivity contribution is -0.0134. The molecule has 18 heavy (non-hydrogen) atoms. The Kier molecular flexibility index (Phi) is 4.30. The number of ether oxygens (including phenoxy) is 1. The van der Waals surface area contributed by atoms with E-state index < -0.39 is 0 Å². The summed E-state index contributed by atoms with van der Waals surface area (Å²) in [5.74, 6) is -0.261. The van der Waals surface area contributed by atoms with E-state index in [2.05, 4.69) is 24.1 Å². The molecule has 1 aromatic rings. The minimum Gasteiger partial charge on any atom is -0.373 e. The van der Waals surface area contributed by atoms with Gasteiger partial charge in [-0.15, -0.1) is 0 Å². The number of nitrogens with one attached hydrogen (secondary N) is 1. The first-order valence-corrected chi connectivity index (χ1v) is 6.64. The Bertz CT molecular complexity index is 391. The summed E-state index contributed by atoms with van der Waals surface area (Å²) < 4.78 is 19.8. The van der Waals surface area contributed by atoms with Gasteiger partial charge >= 0.3 is 0 Å². The zero-order valence-corrected chi connectivity index (χ0v) is 11.1. The van der Waals surface area contributed by atoms with Crippen LogP contribution in [0.25, 0.3) is 0 Å². The van der Waals surface area contributed by atoms with Crippen LogP contribution in [0.5, 0.6) is 0 Å². The molecule has 0 amide bonds. The maximum atomic E-state index is 13.9. The molecule has 1 aromatic heterocycles. The maximum absolute atomic E-state index is 13.9. The van der Waals surface area contributed by atoms with Crippen LogP contribution in [0.3, 0.4) is 0 Å². The minimum atomic E-state index is -0.322. The molecule has 2 atom stereocenters. The standard InChI is InChI=1S/C14H21FN2O/c1-3-7-17-13(14(2)6-4-9-18-14)11-5-8-16-10-12(11)15/h5,8,10,13,17H,3-4,6-7,9H2,1-2H3. The van der Waals surface area contributed by atoms with Crippen LogP contribution in [0.2, 0.25) is 0 Å². The Hall–Kier alpha value is -1.00. The number of rotatable bonds is 5. The SMILES string of the molecule is CCCNC(c1ccncc1F)C1(C)CCCO1. The fourth-order valence-electron chi connectivity index (χ4n) is 2.59. The molecular formula is C14H21FN2O. The molecule has 0 spiro atoms. The van der Waals surface area contributed by atoms with Gasteiger partial charge in [0.2, 0.25) is 0 Å². The second-order valence-electron chi connectivity index (χ2n) is 5.05. The van der Waals surface area contributed by atoms with Crippen LogP contribution < -0.4 is 5.32 Å². The van der Waals surface area contributed by atoms with Crippen LogP contribution >= 0.6 is 0 Å². The number of aromatic nitrogens is 1. The molecule has 1 saturated heterocycles. The van der Waals surface area contributed by atoms with Crippen LogP contribution in [0, 0.1) is 5.82 Å². The van der Waals surface area contributed by atoms with Gasteiger partial charge in [0.15, 0.2) is 0 Å². The molecule has 100 valence electrons. The summed E-state index contributed by atoms with van der Waals surface area (Å²) >= 11 is 0. The van der Waals surface area contributed by atoms with Crippen LogP contribution in [0.15, 0.2) is 18.5 Å². The van der Waals surface area contributed by atoms with Gasteiger partial charge in [0.25, 0.3) is 0 Å². The number of pyridine rings is 1. The highest BCUT2D eigenvalue weighted by Crippen LogP contribution is 2.38. The fourth-order valence-corrected chi connectivity index (χ4v) is 2.59. The van der Waals surface area contributed by atoms with Crippen molar-refractivity contribution in [2.24, 2.45) is 0 Å². The Balaban J connectivity index is 2.27. The van der Waals surface area contributed by atoms with E-state index in [0.29, 0.717) is 5.56 Å². The third kappa shape index (κ3) is 2.70. The van der Waals surface area contributed by atoms with Gasteiger partial charge in [-0.25, -0.2) is 4.39 Å². The van der Waals surface area contributed by atoms with E-state index in [9.17, 15) is 4.39 Å². The maximum Gasteiger partial charge on any atom is 0.146 e. The van der Waals surface area contributed by atoms with Crippen molar-refractivity contribution in [2.75, 3.05) is 13.2 Å². The Labute approximate surface area is 108 Å². The molecule has 2 unspecified atom stereocenters. The number of hydrogen-bond acceptors (Lipinski definition) is 3. The lowest BCUT2D eigenvalue weighted by Gasteiger charge is -2.34. The van der Waals surface area contributed by atoms with Crippen molar-refractivity contribution in [3.8, 4) is 0 Å². The third-order valence-corrected chi connectivity index (χ3v) is 3.57. The van der Waals surface area contributed by atoms with Crippen LogP contribution in [-0.4, -0.2) is 23.7 Å². The van der Waals surface area contributed by atoms with Gasteiger partial charge in [0.1, 0.15) is 5.82 Å². The summed E-state index contributed by atoms with van der Waals surface area (Å²) in [6.45, 7) is 5.77. The van der Waals surface area contributed by atoms with Crippen molar-refractivity contribution in [2.45, 2.75) is 44.8 Å². The van der Waals surface area contributed by atoms with Gasteiger partial charge in [-0.2, -0.15) is 0 Å². The molecule has 2 heterocycles. The molecule has 0 aromatic carbocycles. The highest BCUT2D eigenvalue weighted by molar-refractivity contribution is 5.21. The zero-order valence-electron chi connectivity index (χ0n) is 11.1. The van der Waals surface area contributed by atoms with Crippen molar-refractivity contribution >= 4 is 0 Å². The first-order chi connectivity index (χ1) is 8.67. The molecule has 0 bridgehead atoms. The van der Waals surface area contributed by atoms with E-state index >= 15 is 0 Å². The third-order valence-electron chi connectivity index (χ3n) is 3.57. The molecule has 3 nitrogen and oxygen atoms in total. The molecule has 4 heteroatoms. The number of nitrogens with zero attached hydrogens (tertiary/aromatic N) is 1. The predicted molar refractivity (Wildman–Crippen MR) is 68.8 cm³/mol. The largest absolute Gasteiger partial charge is 0.373 e. The molecule has 1 aliphatic heterocycles. The molecule has 0 saturated carbocycles. The number of hydrogen-bond donors (Lipinski definition) is 1.